The van der Waals surface area contributed by atoms with Gasteiger partial charge >= 0.3 is 0 Å². The molecule has 11 heavy (non-hydrogen) atoms. The molecule has 2 rings (SSSR count). The van der Waals surface area contributed by atoms with Gasteiger partial charge in [-0.2, -0.15) is 0 Å². The summed E-state index contributed by atoms with van der Waals surface area (Å²) >= 11 is 1.58. The Balaban J connectivity index is 2.86. The molecule has 1 radical (unpaired) electrons. The lowest BCUT2D eigenvalue weighted by Gasteiger charge is -1.85. The molecule has 2 aromatic rings. The van der Waals surface area contributed by atoms with Crippen LogP contribution in [0.1, 0.15) is 5.56 Å². The standard InChI is InChI=1S/C9H5OS/c10-5-7-6-11-9-4-2-1-3-8(7)9/h1-4,6H. The van der Waals surface area contributed by atoms with E-state index in [1.807, 2.05) is 35.9 Å². The van der Waals surface area contributed by atoms with Gasteiger partial charge in [0.15, 0.2) is 0 Å². The van der Waals surface area contributed by atoms with Crippen LogP contribution < -0.4 is 0 Å². The maximum atomic E-state index is 10.4. The van der Waals surface area contributed by atoms with Crippen LogP contribution in [0.4, 0.5) is 0 Å². The summed E-state index contributed by atoms with van der Waals surface area (Å²) in [6.07, 6.45) is 1.91. The maximum Gasteiger partial charge on any atom is 0.235 e. The monoisotopic (exact) mass is 161 g/mol. The molecule has 53 valence electrons. The van der Waals surface area contributed by atoms with E-state index in [9.17, 15) is 4.79 Å². The number of hydrogen-bond acceptors (Lipinski definition) is 2. The zero-order valence-electron chi connectivity index (χ0n) is 5.70. The van der Waals surface area contributed by atoms with Gasteiger partial charge in [0.1, 0.15) is 0 Å². The second-order valence-electron chi connectivity index (χ2n) is 2.25. The third-order valence-electron chi connectivity index (χ3n) is 1.59. The average Bonchev–Trinajstić information content (AvgIpc) is 2.47. The Morgan fingerprint density at radius 2 is 2.09 bits per heavy atom. The summed E-state index contributed by atoms with van der Waals surface area (Å²) in [6.45, 7) is 0. The molecule has 0 fully saturated rings. The van der Waals surface area contributed by atoms with Gasteiger partial charge in [0.25, 0.3) is 0 Å². The predicted octanol–water partition coefficient (Wildman–Crippen LogP) is 2.36. The quantitative estimate of drug-likeness (QED) is 0.627. The van der Waals surface area contributed by atoms with Gasteiger partial charge in [0.2, 0.25) is 6.29 Å². The van der Waals surface area contributed by atoms with Crippen LogP contribution >= 0.6 is 11.3 Å². The van der Waals surface area contributed by atoms with Gasteiger partial charge in [-0.15, -0.1) is 11.3 Å². The zero-order chi connectivity index (χ0) is 7.68. The van der Waals surface area contributed by atoms with Crippen LogP contribution in [0.3, 0.4) is 0 Å². The van der Waals surface area contributed by atoms with E-state index in [0.717, 1.165) is 10.1 Å². The molecular formula is C9H5OS. The Morgan fingerprint density at radius 1 is 1.27 bits per heavy atom. The summed E-state index contributed by atoms with van der Waals surface area (Å²) in [5.74, 6) is 0. The van der Waals surface area contributed by atoms with E-state index in [0.29, 0.717) is 5.56 Å². The topological polar surface area (TPSA) is 17.1 Å². The minimum absolute atomic E-state index is 0.672. The molecule has 0 aliphatic rings. The fraction of sp³-hybridized carbons (Fsp3) is 0. The van der Waals surface area contributed by atoms with Crippen LogP contribution in [-0.4, -0.2) is 6.29 Å². The summed E-state index contributed by atoms with van der Waals surface area (Å²) in [5.41, 5.74) is 0.672. The number of fused-ring (bicyclic) bond motifs is 1. The lowest BCUT2D eigenvalue weighted by molar-refractivity contribution is 0.563. The molecule has 0 aliphatic carbocycles. The largest absolute Gasteiger partial charge is 0.285 e. The van der Waals surface area contributed by atoms with Crippen molar-refractivity contribution < 1.29 is 4.79 Å². The van der Waals surface area contributed by atoms with Crippen LogP contribution in [0.2, 0.25) is 0 Å². The third kappa shape index (κ3) is 0.955. The highest BCUT2D eigenvalue weighted by Crippen LogP contribution is 2.23. The van der Waals surface area contributed by atoms with E-state index in [1.54, 1.807) is 11.3 Å². The molecule has 0 amide bonds. The molecule has 1 heterocycles. The summed E-state index contributed by atoms with van der Waals surface area (Å²) in [4.78, 5) is 10.4. The molecule has 1 aromatic heterocycles. The highest BCUT2D eigenvalue weighted by atomic mass is 32.1. The lowest BCUT2D eigenvalue weighted by atomic mass is 10.2. The SMILES string of the molecule is O=[C]c1csc2ccccc12. The molecule has 0 bridgehead atoms. The van der Waals surface area contributed by atoms with Crippen LogP contribution in [0.25, 0.3) is 10.1 Å². The Morgan fingerprint density at radius 3 is 2.91 bits per heavy atom. The van der Waals surface area contributed by atoms with Crippen molar-refractivity contribution in [2.45, 2.75) is 0 Å². The molecule has 1 nitrogen and oxygen atoms in total. The summed E-state index contributed by atoms with van der Waals surface area (Å²) < 4.78 is 1.14. The van der Waals surface area contributed by atoms with Crippen molar-refractivity contribution in [3.63, 3.8) is 0 Å². The highest BCUT2D eigenvalue weighted by Gasteiger charge is 2.00. The van der Waals surface area contributed by atoms with E-state index < -0.39 is 0 Å². The minimum atomic E-state index is 0.672. The van der Waals surface area contributed by atoms with Crippen molar-refractivity contribution in [1.29, 1.82) is 0 Å². The fourth-order valence-corrected chi connectivity index (χ4v) is 1.94. The predicted molar refractivity (Wildman–Crippen MR) is 46.6 cm³/mol. The maximum absolute atomic E-state index is 10.4. The van der Waals surface area contributed by atoms with Crippen LogP contribution in [0.5, 0.6) is 0 Å². The van der Waals surface area contributed by atoms with E-state index in [-0.39, 0.29) is 0 Å². The third-order valence-corrected chi connectivity index (χ3v) is 2.55. The molecule has 0 N–H and O–H groups in total. The van der Waals surface area contributed by atoms with Crippen molar-refractivity contribution in [2.75, 3.05) is 0 Å². The number of rotatable bonds is 1. The zero-order valence-corrected chi connectivity index (χ0v) is 6.52. The number of benzene rings is 1. The molecule has 0 aliphatic heterocycles. The number of hydrogen-bond donors (Lipinski definition) is 0. The normalized spacial score (nSPS) is 10.2. The van der Waals surface area contributed by atoms with Gasteiger partial charge in [-0.3, -0.25) is 4.79 Å². The van der Waals surface area contributed by atoms with Gasteiger partial charge in [-0.05, 0) is 6.07 Å². The second-order valence-corrected chi connectivity index (χ2v) is 3.16. The number of carbonyl (C=O) groups excluding carboxylic acids is 1. The molecule has 2 heteroatoms. The summed E-state index contributed by atoms with van der Waals surface area (Å²) in [6, 6.07) is 7.83. The molecule has 0 unspecified atom stereocenters. The van der Waals surface area contributed by atoms with Gasteiger partial charge < -0.3 is 0 Å². The van der Waals surface area contributed by atoms with Gasteiger partial charge in [0, 0.05) is 21.0 Å². The van der Waals surface area contributed by atoms with Gasteiger partial charge in [-0.25, -0.2) is 0 Å². The molecular weight excluding hydrogens is 156 g/mol. The first-order valence-corrected chi connectivity index (χ1v) is 4.14. The lowest BCUT2D eigenvalue weighted by Crippen LogP contribution is -1.73. The summed E-state index contributed by atoms with van der Waals surface area (Å²) in [7, 11) is 0. The van der Waals surface area contributed by atoms with Crippen molar-refractivity contribution in [2.24, 2.45) is 0 Å². The van der Waals surface area contributed by atoms with Crippen molar-refractivity contribution in [3.8, 4) is 0 Å². The number of thiophene rings is 1. The molecule has 0 saturated heterocycles. The van der Waals surface area contributed by atoms with E-state index in [1.165, 1.54) is 0 Å². The van der Waals surface area contributed by atoms with Crippen LogP contribution in [0.15, 0.2) is 29.6 Å². The molecule has 0 atom stereocenters. The summed E-state index contributed by atoms with van der Waals surface area (Å²) in [5, 5.41) is 2.84. The van der Waals surface area contributed by atoms with E-state index in [2.05, 4.69) is 0 Å². The first-order valence-electron chi connectivity index (χ1n) is 3.26. The first-order chi connectivity index (χ1) is 5.42. The molecule has 0 saturated carbocycles. The first kappa shape index (κ1) is 6.55. The van der Waals surface area contributed by atoms with Gasteiger partial charge in [0.05, 0.1) is 0 Å². The van der Waals surface area contributed by atoms with Crippen molar-refractivity contribution in [3.05, 3.63) is 35.2 Å². The second kappa shape index (κ2) is 2.47. The van der Waals surface area contributed by atoms with E-state index >= 15 is 0 Å². The Kier molecular flexibility index (Phi) is 1.47. The Hall–Kier alpha value is -1.15. The van der Waals surface area contributed by atoms with E-state index in [4.69, 9.17) is 0 Å². The Bertz CT molecular complexity index is 389. The Labute approximate surface area is 68.3 Å². The smallest absolute Gasteiger partial charge is 0.235 e. The fourth-order valence-electron chi connectivity index (χ4n) is 1.06. The molecule has 1 aromatic carbocycles. The van der Waals surface area contributed by atoms with Crippen molar-refractivity contribution >= 4 is 27.7 Å². The van der Waals surface area contributed by atoms with Crippen LogP contribution in [0, 0.1) is 0 Å². The van der Waals surface area contributed by atoms with Crippen molar-refractivity contribution in [1.82, 2.24) is 0 Å². The average molecular weight is 161 g/mol. The molecule has 0 spiro atoms. The van der Waals surface area contributed by atoms with Crippen LogP contribution in [-0.2, 0) is 4.79 Å². The highest BCUT2D eigenvalue weighted by molar-refractivity contribution is 7.17. The van der Waals surface area contributed by atoms with Gasteiger partial charge in [-0.1, -0.05) is 18.2 Å². The minimum Gasteiger partial charge on any atom is -0.285 e.